The van der Waals surface area contributed by atoms with Crippen LogP contribution in [0.5, 0.6) is 11.5 Å². The second-order valence-electron chi connectivity index (χ2n) is 5.11. The molecule has 6 nitrogen and oxygen atoms in total. The summed E-state index contributed by atoms with van der Waals surface area (Å²) in [6.45, 7) is 1.56. The van der Waals surface area contributed by atoms with Crippen molar-refractivity contribution in [1.29, 1.82) is 0 Å². The first-order chi connectivity index (χ1) is 11.9. The van der Waals surface area contributed by atoms with Crippen LogP contribution in [-0.4, -0.2) is 32.2 Å². The van der Waals surface area contributed by atoms with E-state index in [-0.39, 0.29) is 0 Å². The van der Waals surface area contributed by atoms with Gasteiger partial charge in [0.15, 0.2) is 17.6 Å². The summed E-state index contributed by atoms with van der Waals surface area (Å²) in [5.41, 5.74) is 0.755. The van der Waals surface area contributed by atoms with Crippen molar-refractivity contribution in [2.45, 2.75) is 13.0 Å². The molecule has 0 saturated carbocycles. The van der Waals surface area contributed by atoms with Gasteiger partial charge in [0.05, 0.1) is 19.8 Å². The second-order valence-corrected chi connectivity index (χ2v) is 5.11. The number of rotatable bonds is 6. The minimum Gasteiger partial charge on any atom is -0.493 e. The lowest BCUT2D eigenvalue weighted by Gasteiger charge is -2.17. The molecule has 0 heterocycles. The number of ether oxygens (including phenoxy) is 3. The van der Waals surface area contributed by atoms with E-state index in [1.807, 2.05) is 0 Å². The number of amides is 1. The molecule has 0 aromatic heterocycles. The molecular weight excluding hydrogens is 329 g/mol. The zero-order valence-corrected chi connectivity index (χ0v) is 14.0. The maximum Gasteiger partial charge on any atom is 0.337 e. The first-order valence-electron chi connectivity index (χ1n) is 7.44. The van der Waals surface area contributed by atoms with Gasteiger partial charge >= 0.3 is 5.97 Å². The predicted molar refractivity (Wildman–Crippen MR) is 89.5 cm³/mol. The van der Waals surface area contributed by atoms with Crippen LogP contribution in [0.4, 0.5) is 10.1 Å². The van der Waals surface area contributed by atoms with Crippen LogP contribution >= 0.6 is 0 Å². The summed E-state index contributed by atoms with van der Waals surface area (Å²) in [6.07, 6.45) is -0.845. The van der Waals surface area contributed by atoms with Crippen molar-refractivity contribution in [3.05, 3.63) is 53.8 Å². The van der Waals surface area contributed by atoms with E-state index in [9.17, 15) is 14.0 Å². The van der Waals surface area contributed by atoms with Crippen LogP contribution in [0.3, 0.4) is 0 Å². The minimum absolute atomic E-state index is 0.296. The largest absolute Gasteiger partial charge is 0.493 e. The highest BCUT2D eigenvalue weighted by atomic mass is 19.1. The van der Waals surface area contributed by atoms with Crippen molar-refractivity contribution in [1.82, 2.24) is 0 Å². The van der Waals surface area contributed by atoms with Crippen LogP contribution in [0.25, 0.3) is 0 Å². The minimum atomic E-state index is -0.845. The SMILES string of the molecule is COC(=O)c1ccc(O[C@@H](C)C(=O)Nc2ccc(F)cc2)c(OC)c1. The number of benzene rings is 2. The van der Waals surface area contributed by atoms with Crippen LogP contribution in [0, 0.1) is 5.82 Å². The summed E-state index contributed by atoms with van der Waals surface area (Å²) < 4.78 is 28.3. The monoisotopic (exact) mass is 347 g/mol. The van der Waals surface area contributed by atoms with Gasteiger partial charge in [0, 0.05) is 5.69 Å². The standard InChI is InChI=1S/C18H18FNO5/c1-11(17(21)20-14-7-5-13(19)6-8-14)25-15-9-4-12(18(22)24-3)10-16(15)23-2/h4-11H,1-3H3,(H,20,21)/t11-/m0/s1. The Balaban J connectivity index is 2.08. The number of methoxy groups -OCH3 is 2. The molecule has 2 aromatic rings. The molecule has 0 saturated heterocycles. The van der Waals surface area contributed by atoms with Crippen molar-refractivity contribution in [3.8, 4) is 11.5 Å². The average Bonchev–Trinajstić information content (AvgIpc) is 2.63. The van der Waals surface area contributed by atoms with E-state index in [1.165, 1.54) is 56.7 Å². The third-order valence-electron chi connectivity index (χ3n) is 3.37. The van der Waals surface area contributed by atoms with Crippen molar-refractivity contribution in [3.63, 3.8) is 0 Å². The Hall–Kier alpha value is -3.09. The highest BCUT2D eigenvalue weighted by molar-refractivity contribution is 5.94. The summed E-state index contributed by atoms with van der Waals surface area (Å²) in [7, 11) is 2.70. The molecule has 0 radical (unpaired) electrons. The number of anilines is 1. The zero-order valence-electron chi connectivity index (χ0n) is 14.0. The predicted octanol–water partition coefficient (Wildman–Crippen LogP) is 3.03. The third-order valence-corrected chi connectivity index (χ3v) is 3.37. The van der Waals surface area contributed by atoms with Gasteiger partial charge < -0.3 is 19.5 Å². The van der Waals surface area contributed by atoms with Gasteiger partial charge in [-0.1, -0.05) is 0 Å². The molecule has 0 unspecified atom stereocenters. The summed E-state index contributed by atoms with van der Waals surface area (Å²) >= 11 is 0. The molecule has 0 spiro atoms. The lowest BCUT2D eigenvalue weighted by molar-refractivity contribution is -0.122. The molecule has 0 bridgehead atoms. The van der Waals surface area contributed by atoms with Gasteiger partial charge in [-0.3, -0.25) is 4.79 Å². The maximum atomic E-state index is 12.9. The zero-order chi connectivity index (χ0) is 18.4. The first kappa shape index (κ1) is 18.3. The third kappa shape index (κ3) is 4.69. The summed E-state index contributed by atoms with van der Waals surface area (Å²) in [5.74, 6) is -0.711. The number of carbonyl (C=O) groups is 2. The first-order valence-corrected chi connectivity index (χ1v) is 7.44. The molecular formula is C18H18FNO5. The fourth-order valence-corrected chi connectivity index (χ4v) is 2.03. The Kier molecular flexibility index (Phi) is 5.94. The lowest BCUT2D eigenvalue weighted by atomic mass is 10.2. The van der Waals surface area contributed by atoms with Gasteiger partial charge in [-0.25, -0.2) is 9.18 Å². The quantitative estimate of drug-likeness (QED) is 0.813. The van der Waals surface area contributed by atoms with Crippen molar-refractivity contribution in [2.24, 2.45) is 0 Å². The number of carbonyl (C=O) groups excluding carboxylic acids is 2. The van der Waals surface area contributed by atoms with E-state index in [0.717, 1.165) is 0 Å². The van der Waals surface area contributed by atoms with Crippen molar-refractivity contribution in [2.75, 3.05) is 19.5 Å². The fourth-order valence-electron chi connectivity index (χ4n) is 2.03. The van der Waals surface area contributed by atoms with Crippen molar-refractivity contribution >= 4 is 17.6 Å². The van der Waals surface area contributed by atoms with E-state index in [0.29, 0.717) is 22.7 Å². The molecule has 0 aliphatic rings. The van der Waals surface area contributed by atoms with Gasteiger partial charge in [0.2, 0.25) is 0 Å². The molecule has 2 rings (SSSR count). The van der Waals surface area contributed by atoms with E-state index < -0.39 is 23.8 Å². The topological polar surface area (TPSA) is 73.9 Å². The Morgan fingerprint density at radius 3 is 2.32 bits per heavy atom. The Bertz CT molecular complexity index is 761. The van der Waals surface area contributed by atoms with Gasteiger partial charge in [-0.05, 0) is 49.4 Å². The van der Waals surface area contributed by atoms with Crippen LogP contribution in [0.15, 0.2) is 42.5 Å². The van der Waals surface area contributed by atoms with Gasteiger partial charge in [-0.2, -0.15) is 0 Å². The molecule has 7 heteroatoms. The van der Waals surface area contributed by atoms with E-state index >= 15 is 0 Å². The molecule has 0 aliphatic heterocycles. The molecule has 1 amide bonds. The van der Waals surface area contributed by atoms with E-state index in [1.54, 1.807) is 6.92 Å². The fraction of sp³-hybridized carbons (Fsp3) is 0.222. The molecule has 2 aromatic carbocycles. The molecule has 1 N–H and O–H groups in total. The van der Waals surface area contributed by atoms with E-state index in [2.05, 4.69) is 10.1 Å². The van der Waals surface area contributed by atoms with Crippen LogP contribution in [0.1, 0.15) is 17.3 Å². The molecule has 25 heavy (non-hydrogen) atoms. The van der Waals surface area contributed by atoms with Crippen LogP contribution in [0.2, 0.25) is 0 Å². The molecule has 132 valence electrons. The number of hydrogen-bond acceptors (Lipinski definition) is 5. The van der Waals surface area contributed by atoms with E-state index in [4.69, 9.17) is 9.47 Å². The number of esters is 1. The maximum absolute atomic E-state index is 12.9. The smallest absolute Gasteiger partial charge is 0.337 e. The van der Waals surface area contributed by atoms with Gasteiger partial charge in [-0.15, -0.1) is 0 Å². The van der Waals surface area contributed by atoms with Crippen LogP contribution in [-0.2, 0) is 9.53 Å². The second kappa shape index (κ2) is 8.14. The summed E-state index contributed by atoms with van der Waals surface area (Å²) in [6, 6.07) is 9.88. The summed E-state index contributed by atoms with van der Waals surface area (Å²) in [4.78, 5) is 23.7. The highest BCUT2D eigenvalue weighted by Crippen LogP contribution is 2.29. The van der Waals surface area contributed by atoms with Gasteiger partial charge in [0.25, 0.3) is 5.91 Å². The Morgan fingerprint density at radius 1 is 1.04 bits per heavy atom. The number of hydrogen-bond donors (Lipinski definition) is 1. The number of nitrogens with one attached hydrogen (secondary N) is 1. The normalized spacial score (nSPS) is 11.4. The molecule has 0 fully saturated rings. The summed E-state index contributed by atoms with van der Waals surface area (Å²) in [5, 5.41) is 2.62. The van der Waals surface area contributed by atoms with Gasteiger partial charge in [0.1, 0.15) is 5.82 Å². The number of halogens is 1. The molecule has 1 atom stereocenters. The Morgan fingerprint density at radius 2 is 1.72 bits per heavy atom. The lowest BCUT2D eigenvalue weighted by Crippen LogP contribution is -2.30. The molecule has 0 aliphatic carbocycles. The van der Waals surface area contributed by atoms with Crippen LogP contribution < -0.4 is 14.8 Å². The Labute approximate surface area is 144 Å². The average molecular weight is 347 g/mol. The highest BCUT2D eigenvalue weighted by Gasteiger charge is 2.18. The van der Waals surface area contributed by atoms with Crippen molar-refractivity contribution < 1.29 is 28.2 Å².